The Bertz CT molecular complexity index is 1080. The van der Waals surface area contributed by atoms with Gasteiger partial charge in [0.25, 0.3) is 10.0 Å². The summed E-state index contributed by atoms with van der Waals surface area (Å²) < 4.78 is 46.5. The van der Waals surface area contributed by atoms with Crippen LogP contribution in [0.3, 0.4) is 0 Å². The van der Waals surface area contributed by atoms with Crippen molar-refractivity contribution >= 4 is 33.3 Å². The highest BCUT2D eigenvalue weighted by molar-refractivity contribution is 7.92. The molecule has 8 nitrogen and oxygen atoms in total. The second kappa shape index (κ2) is 9.34. The number of carboxylic acid groups (broad SMARTS) is 1. The highest BCUT2D eigenvalue weighted by atomic mass is 32.2. The molecule has 166 valence electrons. The van der Waals surface area contributed by atoms with Crippen LogP contribution >= 0.6 is 0 Å². The van der Waals surface area contributed by atoms with Crippen LogP contribution in [0.2, 0.25) is 0 Å². The number of carbonyl (C=O) groups is 2. The van der Waals surface area contributed by atoms with Gasteiger partial charge >= 0.3 is 11.9 Å². The molecule has 31 heavy (non-hydrogen) atoms. The normalized spacial score (nSPS) is 14.8. The van der Waals surface area contributed by atoms with Crippen LogP contribution in [0.5, 0.6) is 0 Å². The number of carbonyl (C=O) groups excluding carboxylic acids is 1. The van der Waals surface area contributed by atoms with Crippen molar-refractivity contribution in [3.05, 3.63) is 53.8 Å². The molecule has 0 unspecified atom stereocenters. The van der Waals surface area contributed by atoms with Gasteiger partial charge in [0, 0.05) is 13.1 Å². The summed E-state index contributed by atoms with van der Waals surface area (Å²) in [6, 6.07) is 8.67. The van der Waals surface area contributed by atoms with E-state index in [1.54, 1.807) is 6.92 Å². The van der Waals surface area contributed by atoms with Crippen LogP contribution in [0, 0.1) is 11.7 Å². The van der Waals surface area contributed by atoms with Crippen LogP contribution in [0.25, 0.3) is 0 Å². The number of aromatic carboxylic acids is 1. The summed E-state index contributed by atoms with van der Waals surface area (Å²) in [7, 11) is -4.15. The van der Waals surface area contributed by atoms with Gasteiger partial charge in [-0.05, 0) is 56.2 Å². The third-order valence-electron chi connectivity index (χ3n) is 5.05. The zero-order valence-electron chi connectivity index (χ0n) is 16.9. The van der Waals surface area contributed by atoms with Crippen LogP contribution in [0.4, 0.5) is 15.8 Å². The quantitative estimate of drug-likeness (QED) is 0.623. The van der Waals surface area contributed by atoms with Crippen molar-refractivity contribution in [3.8, 4) is 0 Å². The first-order valence-corrected chi connectivity index (χ1v) is 11.3. The molecular weight excluding hydrogens is 427 g/mol. The molecule has 2 aromatic carbocycles. The van der Waals surface area contributed by atoms with Crippen molar-refractivity contribution in [2.45, 2.75) is 24.7 Å². The van der Waals surface area contributed by atoms with Gasteiger partial charge in [0.05, 0.1) is 34.4 Å². The molecule has 2 N–H and O–H groups in total. The Balaban J connectivity index is 1.88. The molecule has 1 saturated heterocycles. The third kappa shape index (κ3) is 5.32. The van der Waals surface area contributed by atoms with Crippen molar-refractivity contribution in [1.29, 1.82) is 0 Å². The molecule has 1 fully saturated rings. The summed E-state index contributed by atoms with van der Waals surface area (Å²) in [6.45, 7) is 2.98. The number of nitrogens with zero attached hydrogens (tertiary/aromatic N) is 1. The van der Waals surface area contributed by atoms with E-state index in [4.69, 9.17) is 4.74 Å². The van der Waals surface area contributed by atoms with Gasteiger partial charge in [-0.25, -0.2) is 17.6 Å². The first-order chi connectivity index (χ1) is 14.7. The highest BCUT2D eigenvalue weighted by Gasteiger charge is 2.28. The summed E-state index contributed by atoms with van der Waals surface area (Å²) in [5, 5.41) is 9.32. The lowest BCUT2D eigenvalue weighted by atomic mass is 9.96. The molecule has 0 bridgehead atoms. The number of sulfonamides is 1. The summed E-state index contributed by atoms with van der Waals surface area (Å²) >= 11 is 0. The molecule has 0 radical (unpaired) electrons. The zero-order valence-corrected chi connectivity index (χ0v) is 17.7. The van der Waals surface area contributed by atoms with Crippen LogP contribution in [-0.4, -0.2) is 45.2 Å². The van der Waals surface area contributed by atoms with Gasteiger partial charge in [-0.15, -0.1) is 0 Å². The van der Waals surface area contributed by atoms with Crippen LogP contribution in [0.15, 0.2) is 47.4 Å². The number of halogens is 1. The molecule has 3 rings (SSSR count). The summed E-state index contributed by atoms with van der Waals surface area (Å²) in [4.78, 5) is 25.0. The van der Waals surface area contributed by atoms with E-state index in [0.717, 1.165) is 12.1 Å². The molecule has 1 aliphatic heterocycles. The Kier molecular flexibility index (Phi) is 6.79. The maximum Gasteiger partial charge on any atom is 0.335 e. The van der Waals surface area contributed by atoms with E-state index < -0.39 is 21.8 Å². The molecule has 0 spiro atoms. The van der Waals surface area contributed by atoms with Crippen molar-refractivity contribution in [2.24, 2.45) is 5.92 Å². The molecule has 0 amide bonds. The Morgan fingerprint density at radius 1 is 1.19 bits per heavy atom. The summed E-state index contributed by atoms with van der Waals surface area (Å²) in [5.41, 5.74) is 0.452. The monoisotopic (exact) mass is 450 g/mol. The average Bonchev–Trinajstić information content (AvgIpc) is 2.74. The Hall–Kier alpha value is -3.14. The van der Waals surface area contributed by atoms with Crippen molar-refractivity contribution in [1.82, 2.24) is 0 Å². The number of esters is 1. The number of benzene rings is 2. The fraction of sp³-hybridized carbons (Fsp3) is 0.333. The maximum atomic E-state index is 13.5. The van der Waals surface area contributed by atoms with E-state index in [1.807, 2.05) is 4.90 Å². The number of ether oxygens (including phenoxy) is 1. The van der Waals surface area contributed by atoms with Crippen molar-refractivity contribution < 1.29 is 32.2 Å². The van der Waals surface area contributed by atoms with E-state index in [2.05, 4.69) is 4.72 Å². The fourth-order valence-electron chi connectivity index (χ4n) is 3.48. The second-order valence-corrected chi connectivity index (χ2v) is 8.80. The lowest BCUT2D eigenvalue weighted by molar-refractivity contribution is -0.148. The molecular formula is C21H23FN2O6S. The number of nitrogens with one attached hydrogen (secondary N) is 1. The number of hydrogen-bond donors (Lipinski definition) is 2. The predicted molar refractivity (Wildman–Crippen MR) is 112 cm³/mol. The van der Waals surface area contributed by atoms with Crippen LogP contribution in [-0.2, 0) is 19.6 Å². The van der Waals surface area contributed by atoms with Gasteiger partial charge in [-0.3, -0.25) is 9.52 Å². The molecule has 10 heteroatoms. The third-order valence-corrected chi connectivity index (χ3v) is 6.41. The lowest BCUT2D eigenvalue weighted by Gasteiger charge is -2.34. The summed E-state index contributed by atoms with van der Waals surface area (Å²) in [6.07, 6.45) is 1.05. The molecule has 0 saturated carbocycles. The minimum Gasteiger partial charge on any atom is -0.478 e. The van der Waals surface area contributed by atoms with E-state index in [1.165, 1.54) is 30.3 Å². The van der Waals surface area contributed by atoms with E-state index in [-0.39, 0.29) is 28.0 Å². The SMILES string of the molecule is CCOC(=O)C1CCN(c2ccc(C(=O)O)cc2NS(=O)(=O)c2cccc(F)c2)CC1. The number of piperidine rings is 1. The standard InChI is InChI=1S/C21H23FN2O6S/c1-2-30-21(27)14-8-10-24(11-9-14)19-7-6-15(20(25)26)12-18(19)23-31(28,29)17-5-3-4-16(22)13-17/h3-7,12-14,23H,2,8-11H2,1H3,(H,25,26). The predicted octanol–water partition coefficient (Wildman–Crippen LogP) is 3.10. The minimum atomic E-state index is -4.15. The number of rotatable bonds is 7. The Morgan fingerprint density at radius 2 is 1.90 bits per heavy atom. The fourth-order valence-corrected chi connectivity index (χ4v) is 4.58. The Morgan fingerprint density at radius 3 is 2.52 bits per heavy atom. The maximum absolute atomic E-state index is 13.5. The smallest absolute Gasteiger partial charge is 0.335 e. The molecule has 0 atom stereocenters. The molecule has 0 aromatic heterocycles. The second-order valence-electron chi connectivity index (χ2n) is 7.11. The van der Waals surface area contributed by atoms with Crippen LogP contribution in [0.1, 0.15) is 30.1 Å². The van der Waals surface area contributed by atoms with Gasteiger partial charge in [0.15, 0.2) is 0 Å². The van der Waals surface area contributed by atoms with Gasteiger partial charge in [0.2, 0.25) is 0 Å². The highest BCUT2D eigenvalue weighted by Crippen LogP contribution is 2.33. The van der Waals surface area contributed by atoms with Crippen molar-refractivity contribution in [2.75, 3.05) is 29.3 Å². The van der Waals surface area contributed by atoms with Gasteiger partial charge in [-0.2, -0.15) is 0 Å². The van der Waals surface area contributed by atoms with E-state index in [9.17, 15) is 27.5 Å². The minimum absolute atomic E-state index is 0.0683. The summed E-state index contributed by atoms with van der Waals surface area (Å²) in [5.74, 6) is -2.40. The van der Waals surface area contributed by atoms with Crippen LogP contribution < -0.4 is 9.62 Å². The largest absolute Gasteiger partial charge is 0.478 e. The van der Waals surface area contributed by atoms with E-state index >= 15 is 0 Å². The van der Waals surface area contributed by atoms with Gasteiger partial charge < -0.3 is 14.7 Å². The molecule has 1 heterocycles. The number of carboxylic acids is 1. The average molecular weight is 450 g/mol. The molecule has 1 aliphatic rings. The topological polar surface area (TPSA) is 113 Å². The van der Waals surface area contributed by atoms with Gasteiger partial charge in [0.1, 0.15) is 5.82 Å². The lowest BCUT2D eigenvalue weighted by Crippen LogP contribution is -2.37. The van der Waals surface area contributed by atoms with E-state index in [0.29, 0.717) is 38.2 Å². The number of hydrogen-bond acceptors (Lipinski definition) is 6. The Labute approximate surface area is 179 Å². The first kappa shape index (κ1) is 22.5. The number of anilines is 2. The van der Waals surface area contributed by atoms with Crippen molar-refractivity contribution in [3.63, 3.8) is 0 Å². The molecule has 0 aliphatic carbocycles. The first-order valence-electron chi connectivity index (χ1n) is 9.78. The van der Waals surface area contributed by atoms with Gasteiger partial charge in [-0.1, -0.05) is 6.07 Å². The molecule has 2 aromatic rings. The zero-order chi connectivity index (χ0) is 22.6.